The number of ether oxygens (including phenoxy) is 1. The van der Waals surface area contributed by atoms with E-state index in [0.29, 0.717) is 12.4 Å². The minimum atomic E-state index is 0.294. The molecule has 0 aliphatic heterocycles. The minimum absolute atomic E-state index is 0.294. The number of tetrazole rings is 1. The molecule has 0 aliphatic rings. The van der Waals surface area contributed by atoms with Crippen molar-refractivity contribution in [3.05, 3.63) is 60.1 Å². The molecule has 0 atom stereocenters. The van der Waals surface area contributed by atoms with Crippen molar-refractivity contribution in [1.29, 1.82) is 0 Å². The average Bonchev–Trinajstić information content (AvgIpc) is 3.04. The maximum absolute atomic E-state index is 5.66. The van der Waals surface area contributed by atoms with Crippen molar-refractivity contribution in [2.75, 3.05) is 0 Å². The van der Waals surface area contributed by atoms with Gasteiger partial charge in [0.2, 0.25) is 5.82 Å². The number of hydrogen-bond donors (Lipinski definition) is 2. The molecular weight excluding hydrogens is 278 g/mol. The quantitative estimate of drug-likeness (QED) is 0.731. The summed E-state index contributed by atoms with van der Waals surface area (Å²) in [5.74, 6) is 1.31. The van der Waals surface area contributed by atoms with E-state index < -0.39 is 0 Å². The summed E-state index contributed by atoms with van der Waals surface area (Å²) in [7, 11) is 0. The SMILES string of the molecule is C=C(C)NCc1ccc2cc(OCc3nn[nH]n3)ccc2c1. The van der Waals surface area contributed by atoms with Gasteiger partial charge in [-0.25, -0.2) is 0 Å². The molecule has 0 amide bonds. The number of aromatic nitrogens is 4. The van der Waals surface area contributed by atoms with Gasteiger partial charge >= 0.3 is 0 Å². The standard InChI is InChI=1S/C16H17N5O/c1-11(2)17-9-12-3-4-14-8-15(6-5-13(14)7-12)22-10-16-18-20-21-19-16/h3-8,17H,1,9-10H2,2H3,(H,18,19,20,21). The summed E-state index contributed by atoms with van der Waals surface area (Å²) in [5, 5.41) is 19.1. The van der Waals surface area contributed by atoms with Gasteiger partial charge in [-0.05, 0) is 41.5 Å². The Morgan fingerprint density at radius 1 is 1.23 bits per heavy atom. The van der Waals surface area contributed by atoms with Crippen LogP contribution in [0, 0.1) is 0 Å². The van der Waals surface area contributed by atoms with Crippen molar-refractivity contribution in [3.8, 4) is 5.75 Å². The molecular formula is C16H17N5O. The zero-order chi connectivity index (χ0) is 15.4. The van der Waals surface area contributed by atoms with Crippen molar-refractivity contribution in [2.45, 2.75) is 20.1 Å². The fourth-order valence-corrected chi connectivity index (χ4v) is 2.12. The molecule has 22 heavy (non-hydrogen) atoms. The van der Waals surface area contributed by atoms with E-state index in [2.05, 4.69) is 50.7 Å². The lowest BCUT2D eigenvalue weighted by molar-refractivity contribution is 0.296. The Morgan fingerprint density at radius 2 is 2.05 bits per heavy atom. The molecule has 0 saturated heterocycles. The fraction of sp³-hybridized carbons (Fsp3) is 0.188. The highest BCUT2D eigenvalue weighted by atomic mass is 16.5. The molecule has 0 aliphatic carbocycles. The first-order valence-corrected chi connectivity index (χ1v) is 6.98. The zero-order valence-electron chi connectivity index (χ0n) is 12.3. The summed E-state index contributed by atoms with van der Waals surface area (Å²) in [5.41, 5.74) is 2.18. The van der Waals surface area contributed by atoms with Crippen LogP contribution in [0.25, 0.3) is 10.8 Å². The van der Waals surface area contributed by atoms with Crippen LogP contribution in [0.5, 0.6) is 5.75 Å². The number of fused-ring (bicyclic) bond motifs is 1. The molecule has 6 heteroatoms. The third-order valence-electron chi connectivity index (χ3n) is 3.23. The first-order chi connectivity index (χ1) is 10.7. The number of rotatable bonds is 6. The number of aromatic amines is 1. The van der Waals surface area contributed by atoms with Gasteiger partial charge in [0, 0.05) is 12.2 Å². The van der Waals surface area contributed by atoms with E-state index in [-0.39, 0.29) is 0 Å². The Kier molecular flexibility index (Phi) is 4.00. The van der Waals surface area contributed by atoms with E-state index in [1.807, 2.05) is 25.1 Å². The topological polar surface area (TPSA) is 75.7 Å². The van der Waals surface area contributed by atoms with E-state index >= 15 is 0 Å². The minimum Gasteiger partial charge on any atom is -0.485 e. The Morgan fingerprint density at radius 3 is 2.82 bits per heavy atom. The Balaban J connectivity index is 1.73. The number of hydrogen-bond acceptors (Lipinski definition) is 5. The lowest BCUT2D eigenvalue weighted by Gasteiger charge is -2.08. The number of allylic oxidation sites excluding steroid dienone is 1. The molecule has 2 aromatic carbocycles. The number of benzene rings is 2. The van der Waals surface area contributed by atoms with E-state index in [0.717, 1.165) is 23.4 Å². The molecule has 6 nitrogen and oxygen atoms in total. The van der Waals surface area contributed by atoms with Crippen LogP contribution in [-0.2, 0) is 13.2 Å². The molecule has 0 radical (unpaired) electrons. The third-order valence-corrected chi connectivity index (χ3v) is 3.23. The normalized spacial score (nSPS) is 10.6. The Hall–Kier alpha value is -2.89. The highest BCUT2D eigenvalue weighted by molar-refractivity contribution is 5.84. The van der Waals surface area contributed by atoms with E-state index in [1.54, 1.807) is 0 Å². The second-order valence-electron chi connectivity index (χ2n) is 5.09. The molecule has 0 saturated carbocycles. The summed E-state index contributed by atoms with van der Waals surface area (Å²) in [6.45, 7) is 6.87. The lowest BCUT2D eigenvalue weighted by atomic mass is 10.1. The molecule has 0 unspecified atom stereocenters. The molecule has 1 aromatic heterocycles. The van der Waals surface area contributed by atoms with Gasteiger partial charge in [-0.15, -0.1) is 10.2 Å². The molecule has 1 heterocycles. The van der Waals surface area contributed by atoms with Crippen molar-refractivity contribution in [3.63, 3.8) is 0 Å². The number of nitrogens with zero attached hydrogens (tertiary/aromatic N) is 3. The summed E-state index contributed by atoms with van der Waals surface area (Å²) in [6.07, 6.45) is 0. The summed E-state index contributed by atoms with van der Waals surface area (Å²) in [4.78, 5) is 0. The highest BCUT2D eigenvalue weighted by Gasteiger charge is 2.02. The largest absolute Gasteiger partial charge is 0.485 e. The first kappa shape index (κ1) is 14.1. The fourth-order valence-electron chi connectivity index (χ4n) is 2.12. The highest BCUT2D eigenvalue weighted by Crippen LogP contribution is 2.22. The molecule has 0 spiro atoms. The van der Waals surface area contributed by atoms with Crippen molar-refractivity contribution in [2.24, 2.45) is 0 Å². The average molecular weight is 295 g/mol. The van der Waals surface area contributed by atoms with Crippen molar-refractivity contribution in [1.82, 2.24) is 25.9 Å². The summed E-state index contributed by atoms with van der Waals surface area (Å²) >= 11 is 0. The Labute approximate surface area is 128 Å². The van der Waals surface area contributed by atoms with Crippen LogP contribution in [0.4, 0.5) is 0 Å². The monoisotopic (exact) mass is 295 g/mol. The maximum Gasteiger partial charge on any atom is 0.211 e. The number of nitrogens with one attached hydrogen (secondary N) is 2. The van der Waals surface area contributed by atoms with Gasteiger partial charge in [0.15, 0.2) is 6.61 Å². The second kappa shape index (κ2) is 6.26. The van der Waals surface area contributed by atoms with Crippen LogP contribution < -0.4 is 10.1 Å². The van der Waals surface area contributed by atoms with Crippen molar-refractivity contribution < 1.29 is 4.74 Å². The van der Waals surface area contributed by atoms with E-state index in [1.165, 1.54) is 10.9 Å². The van der Waals surface area contributed by atoms with Gasteiger partial charge in [-0.2, -0.15) is 5.21 Å². The summed E-state index contributed by atoms with van der Waals surface area (Å²) < 4.78 is 5.66. The van der Waals surface area contributed by atoms with Gasteiger partial charge in [0.25, 0.3) is 0 Å². The van der Waals surface area contributed by atoms with Gasteiger partial charge in [-0.3, -0.25) is 0 Å². The van der Waals surface area contributed by atoms with Crippen LogP contribution >= 0.6 is 0 Å². The van der Waals surface area contributed by atoms with Crippen LogP contribution in [0.1, 0.15) is 18.3 Å². The van der Waals surface area contributed by atoms with E-state index in [9.17, 15) is 0 Å². The van der Waals surface area contributed by atoms with Crippen LogP contribution in [-0.4, -0.2) is 20.6 Å². The number of H-pyrrole nitrogens is 1. The van der Waals surface area contributed by atoms with Gasteiger partial charge in [-0.1, -0.05) is 30.0 Å². The van der Waals surface area contributed by atoms with Crippen LogP contribution in [0.2, 0.25) is 0 Å². The predicted octanol–water partition coefficient (Wildman–Crippen LogP) is 2.56. The van der Waals surface area contributed by atoms with Gasteiger partial charge in [0.05, 0.1) is 0 Å². The molecule has 112 valence electrons. The Bertz CT molecular complexity index is 782. The second-order valence-corrected chi connectivity index (χ2v) is 5.09. The molecule has 0 fully saturated rings. The zero-order valence-corrected chi connectivity index (χ0v) is 12.3. The molecule has 3 aromatic rings. The predicted molar refractivity (Wildman–Crippen MR) is 84.1 cm³/mol. The lowest BCUT2D eigenvalue weighted by Crippen LogP contribution is -2.08. The molecule has 3 rings (SSSR count). The molecule has 2 N–H and O–H groups in total. The van der Waals surface area contributed by atoms with Crippen LogP contribution in [0.15, 0.2) is 48.7 Å². The van der Waals surface area contributed by atoms with Gasteiger partial charge in [0.1, 0.15) is 5.75 Å². The summed E-state index contributed by atoms with van der Waals surface area (Å²) in [6, 6.07) is 12.3. The van der Waals surface area contributed by atoms with E-state index in [4.69, 9.17) is 4.74 Å². The van der Waals surface area contributed by atoms with Crippen LogP contribution in [0.3, 0.4) is 0 Å². The third kappa shape index (κ3) is 3.41. The first-order valence-electron chi connectivity index (χ1n) is 6.98. The van der Waals surface area contributed by atoms with Crippen molar-refractivity contribution >= 4 is 10.8 Å². The van der Waals surface area contributed by atoms with Gasteiger partial charge < -0.3 is 10.1 Å². The molecule has 0 bridgehead atoms. The maximum atomic E-state index is 5.66. The smallest absolute Gasteiger partial charge is 0.211 e.